The average molecular weight is 285 g/mol. The van der Waals surface area contributed by atoms with E-state index in [1.165, 1.54) is 5.56 Å². The van der Waals surface area contributed by atoms with Gasteiger partial charge in [0.05, 0.1) is 0 Å². The van der Waals surface area contributed by atoms with Gasteiger partial charge in [-0.15, -0.1) is 0 Å². The highest BCUT2D eigenvalue weighted by molar-refractivity contribution is 9.10. The molecule has 3 nitrogen and oxygen atoms in total. The number of rotatable bonds is 2. The van der Waals surface area contributed by atoms with Gasteiger partial charge in [-0.05, 0) is 53.2 Å². The summed E-state index contributed by atoms with van der Waals surface area (Å²) in [5.74, 6) is 1.46. The second-order valence-electron chi connectivity index (χ2n) is 4.43. The molecule has 0 radical (unpaired) electrons. The molecule has 0 saturated carbocycles. The van der Waals surface area contributed by atoms with Crippen molar-refractivity contribution in [3.63, 3.8) is 0 Å². The molecule has 0 aromatic carbocycles. The first-order chi connectivity index (χ1) is 7.70. The summed E-state index contributed by atoms with van der Waals surface area (Å²) in [6.45, 7) is 4.33. The van der Waals surface area contributed by atoms with Crippen LogP contribution < -0.4 is 4.90 Å². The van der Waals surface area contributed by atoms with Crippen LogP contribution in [-0.2, 0) is 0 Å². The second kappa shape index (κ2) is 5.15. The Hall–Kier alpha value is -0.610. The van der Waals surface area contributed by atoms with Crippen LogP contribution >= 0.6 is 15.9 Å². The lowest BCUT2D eigenvalue weighted by molar-refractivity contribution is 0.208. The molecule has 1 unspecified atom stereocenters. The van der Waals surface area contributed by atoms with Gasteiger partial charge in [-0.1, -0.05) is 0 Å². The SMILES string of the molecule is Cc1cc(Br)cnc1N1CCCC(CO)C1. The molecule has 1 fully saturated rings. The topological polar surface area (TPSA) is 36.4 Å². The molecule has 0 amide bonds. The highest BCUT2D eigenvalue weighted by Crippen LogP contribution is 2.25. The Morgan fingerprint density at radius 1 is 1.62 bits per heavy atom. The molecule has 0 bridgehead atoms. The molecule has 0 spiro atoms. The Morgan fingerprint density at radius 2 is 2.44 bits per heavy atom. The first-order valence-corrected chi connectivity index (χ1v) is 6.48. The monoisotopic (exact) mass is 284 g/mol. The van der Waals surface area contributed by atoms with Gasteiger partial charge in [0.1, 0.15) is 5.82 Å². The van der Waals surface area contributed by atoms with E-state index in [0.29, 0.717) is 5.92 Å². The highest BCUT2D eigenvalue weighted by atomic mass is 79.9. The van der Waals surface area contributed by atoms with Crippen LogP contribution in [0, 0.1) is 12.8 Å². The van der Waals surface area contributed by atoms with Crippen molar-refractivity contribution in [3.05, 3.63) is 22.3 Å². The molecule has 1 saturated heterocycles. The second-order valence-corrected chi connectivity index (χ2v) is 5.35. The van der Waals surface area contributed by atoms with E-state index in [4.69, 9.17) is 0 Å². The van der Waals surface area contributed by atoms with E-state index in [1.54, 1.807) is 0 Å². The standard InChI is InChI=1S/C12H17BrN2O/c1-9-5-11(13)6-14-12(9)15-4-2-3-10(7-15)8-16/h5-6,10,16H,2-4,7-8H2,1H3. The van der Waals surface area contributed by atoms with Gasteiger partial charge >= 0.3 is 0 Å². The molecular weight excluding hydrogens is 268 g/mol. The number of pyridine rings is 1. The smallest absolute Gasteiger partial charge is 0.131 e. The molecule has 1 aromatic rings. The molecule has 0 aliphatic carbocycles. The minimum atomic E-state index is 0.284. The lowest BCUT2D eigenvalue weighted by Gasteiger charge is -2.33. The maximum Gasteiger partial charge on any atom is 0.131 e. The van der Waals surface area contributed by atoms with Crippen LogP contribution in [0.4, 0.5) is 5.82 Å². The van der Waals surface area contributed by atoms with Crippen molar-refractivity contribution in [1.29, 1.82) is 0 Å². The van der Waals surface area contributed by atoms with E-state index in [2.05, 4.69) is 38.8 Å². The number of hydrogen-bond acceptors (Lipinski definition) is 3. The van der Waals surface area contributed by atoms with Crippen molar-refractivity contribution in [2.75, 3.05) is 24.6 Å². The van der Waals surface area contributed by atoms with E-state index in [-0.39, 0.29) is 6.61 Å². The van der Waals surface area contributed by atoms with Gasteiger partial charge in [0.2, 0.25) is 0 Å². The molecule has 2 heterocycles. The van der Waals surface area contributed by atoms with E-state index >= 15 is 0 Å². The quantitative estimate of drug-likeness (QED) is 0.906. The summed E-state index contributed by atoms with van der Waals surface area (Å²) in [4.78, 5) is 6.75. The lowest BCUT2D eigenvalue weighted by Crippen LogP contribution is -2.37. The van der Waals surface area contributed by atoms with Crippen LogP contribution in [0.5, 0.6) is 0 Å². The molecule has 88 valence electrons. The summed E-state index contributed by atoms with van der Waals surface area (Å²) in [5, 5.41) is 9.21. The third-order valence-corrected chi connectivity index (χ3v) is 3.53. The fourth-order valence-corrected chi connectivity index (χ4v) is 2.72. The number of nitrogens with zero attached hydrogens (tertiary/aromatic N) is 2. The van der Waals surface area contributed by atoms with Gasteiger partial charge < -0.3 is 10.0 Å². The maximum absolute atomic E-state index is 9.21. The van der Waals surface area contributed by atoms with Crippen LogP contribution in [0.1, 0.15) is 18.4 Å². The summed E-state index contributed by atoms with van der Waals surface area (Å²) >= 11 is 3.42. The van der Waals surface area contributed by atoms with Crippen LogP contribution in [0.15, 0.2) is 16.7 Å². The molecule has 1 N–H and O–H groups in total. The fourth-order valence-electron chi connectivity index (χ4n) is 2.27. The fraction of sp³-hybridized carbons (Fsp3) is 0.583. The first kappa shape index (κ1) is 11.9. The minimum absolute atomic E-state index is 0.284. The lowest BCUT2D eigenvalue weighted by atomic mass is 9.99. The number of aryl methyl sites for hydroxylation is 1. The van der Waals surface area contributed by atoms with Crippen LogP contribution in [0.2, 0.25) is 0 Å². The molecule has 1 aromatic heterocycles. The zero-order valence-electron chi connectivity index (χ0n) is 9.49. The number of aromatic nitrogens is 1. The zero-order chi connectivity index (χ0) is 11.5. The van der Waals surface area contributed by atoms with Gasteiger partial charge in [-0.25, -0.2) is 4.98 Å². The molecule has 1 aliphatic heterocycles. The number of anilines is 1. The van der Waals surface area contributed by atoms with E-state index < -0.39 is 0 Å². The molecule has 1 atom stereocenters. The summed E-state index contributed by atoms with van der Waals surface area (Å²) < 4.78 is 1.02. The molecule has 4 heteroatoms. The van der Waals surface area contributed by atoms with Crippen LogP contribution in [0.25, 0.3) is 0 Å². The van der Waals surface area contributed by atoms with Crippen molar-refractivity contribution in [2.24, 2.45) is 5.92 Å². The van der Waals surface area contributed by atoms with Gasteiger partial charge in [0, 0.05) is 30.4 Å². The van der Waals surface area contributed by atoms with E-state index in [0.717, 1.165) is 36.2 Å². The Labute approximate surface area is 105 Å². The van der Waals surface area contributed by atoms with Crippen molar-refractivity contribution < 1.29 is 5.11 Å². The minimum Gasteiger partial charge on any atom is -0.396 e. The molecule has 16 heavy (non-hydrogen) atoms. The average Bonchev–Trinajstić information content (AvgIpc) is 2.29. The molecular formula is C12H17BrN2O. The predicted octanol–water partition coefficient (Wildman–Crippen LogP) is 2.36. The maximum atomic E-state index is 9.21. The summed E-state index contributed by atoms with van der Waals surface area (Å²) in [5.41, 5.74) is 1.19. The van der Waals surface area contributed by atoms with E-state index in [1.807, 2.05) is 6.20 Å². The number of halogens is 1. The van der Waals surface area contributed by atoms with Crippen molar-refractivity contribution in [2.45, 2.75) is 19.8 Å². The van der Waals surface area contributed by atoms with Gasteiger partial charge in [-0.2, -0.15) is 0 Å². The first-order valence-electron chi connectivity index (χ1n) is 5.68. The Balaban J connectivity index is 2.16. The summed E-state index contributed by atoms with van der Waals surface area (Å²) in [6.07, 6.45) is 4.11. The van der Waals surface area contributed by atoms with Crippen molar-refractivity contribution in [3.8, 4) is 0 Å². The predicted molar refractivity (Wildman–Crippen MR) is 68.7 cm³/mol. The number of hydrogen-bond donors (Lipinski definition) is 1. The van der Waals surface area contributed by atoms with Gasteiger partial charge in [0.25, 0.3) is 0 Å². The van der Waals surface area contributed by atoms with E-state index in [9.17, 15) is 5.11 Å². The third kappa shape index (κ3) is 2.55. The van der Waals surface area contributed by atoms with Crippen molar-refractivity contribution in [1.82, 2.24) is 4.98 Å². The normalized spacial score (nSPS) is 21.2. The highest BCUT2D eigenvalue weighted by Gasteiger charge is 2.21. The largest absolute Gasteiger partial charge is 0.396 e. The summed E-state index contributed by atoms with van der Waals surface area (Å²) in [6, 6.07) is 2.09. The van der Waals surface area contributed by atoms with Gasteiger partial charge in [0.15, 0.2) is 0 Å². The van der Waals surface area contributed by atoms with Crippen LogP contribution in [0.3, 0.4) is 0 Å². The Morgan fingerprint density at radius 3 is 3.12 bits per heavy atom. The number of aliphatic hydroxyl groups is 1. The molecule has 1 aliphatic rings. The van der Waals surface area contributed by atoms with Crippen molar-refractivity contribution >= 4 is 21.7 Å². The number of piperidine rings is 1. The third-order valence-electron chi connectivity index (χ3n) is 3.09. The summed E-state index contributed by atoms with van der Waals surface area (Å²) in [7, 11) is 0. The molecule has 2 rings (SSSR count). The zero-order valence-corrected chi connectivity index (χ0v) is 11.1. The Bertz CT molecular complexity index is 370. The number of aliphatic hydroxyl groups excluding tert-OH is 1. The Kier molecular flexibility index (Phi) is 3.82. The van der Waals surface area contributed by atoms with Gasteiger partial charge in [-0.3, -0.25) is 0 Å². The van der Waals surface area contributed by atoms with Crippen LogP contribution in [-0.4, -0.2) is 29.8 Å².